The summed E-state index contributed by atoms with van der Waals surface area (Å²) in [5, 5.41) is 24.8. The second kappa shape index (κ2) is 12.1. The molecule has 2 nitrogen and oxygen atoms in total. The molecule has 0 saturated carbocycles. The SMILES string of the molecule is N#Cc1ccc2c3ccc(-c4ccc(-c5cc6ccc7cc(-c8cccc9ccccc89)cc8ccc(c5)c6c78)c5ccccc45)cc3n(-c3ccccc3)c2c1. The largest absolute Gasteiger partial charge is 0.309 e. The van der Waals surface area contributed by atoms with Gasteiger partial charge in [0.25, 0.3) is 0 Å². The van der Waals surface area contributed by atoms with Crippen LogP contribution in [0.4, 0.5) is 0 Å². The van der Waals surface area contributed by atoms with Gasteiger partial charge >= 0.3 is 0 Å². The van der Waals surface area contributed by atoms with E-state index in [1.165, 1.54) is 87.1 Å². The summed E-state index contributed by atoms with van der Waals surface area (Å²) >= 11 is 0. The molecule has 0 fully saturated rings. The maximum atomic E-state index is 9.77. The quantitative estimate of drug-likeness (QED) is 0.166. The van der Waals surface area contributed by atoms with E-state index >= 15 is 0 Å². The van der Waals surface area contributed by atoms with Crippen LogP contribution in [0.3, 0.4) is 0 Å². The average Bonchev–Trinajstić information content (AvgIpc) is 3.60. The second-order valence-electron chi connectivity index (χ2n) is 15.2. The molecule has 0 bridgehead atoms. The topological polar surface area (TPSA) is 28.7 Å². The van der Waals surface area contributed by atoms with Crippen LogP contribution in [-0.4, -0.2) is 4.57 Å². The van der Waals surface area contributed by atoms with Gasteiger partial charge in [0.2, 0.25) is 0 Å². The van der Waals surface area contributed by atoms with Crippen molar-refractivity contribution in [1.82, 2.24) is 4.57 Å². The van der Waals surface area contributed by atoms with Crippen LogP contribution in [0.2, 0.25) is 0 Å². The van der Waals surface area contributed by atoms with Gasteiger partial charge in [-0.25, -0.2) is 0 Å². The van der Waals surface area contributed by atoms with Crippen LogP contribution < -0.4 is 0 Å². The molecule has 0 aliphatic carbocycles. The number of rotatable bonds is 4. The molecule has 1 aromatic heterocycles. The summed E-state index contributed by atoms with van der Waals surface area (Å²) in [5.41, 5.74) is 11.2. The van der Waals surface area contributed by atoms with Crippen molar-refractivity contribution in [3.63, 3.8) is 0 Å². The number of nitriles is 1. The van der Waals surface area contributed by atoms with E-state index in [1.54, 1.807) is 0 Å². The lowest BCUT2D eigenvalue weighted by molar-refractivity contribution is 1.18. The molecule has 12 aromatic rings. The molecule has 1 heterocycles. The summed E-state index contributed by atoms with van der Waals surface area (Å²) in [6.07, 6.45) is 0. The molecule has 0 saturated heterocycles. The summed E-state index contributed by atoms with van der Waals surface area (Å²) in [6.45, 7) is 0. The summed E-state index contributed by atoms with van der Waals surface area (Å²) < 4.78 is 2.29. The van der Waals surface area contributed by atoms with Crippen LogP contribution in [0.5, 0.6) is 0 Å². The highest BCUT2D eigenvalue weighted by Crippen LogP contribution is 2.43. The van der Waals surface area contributed by atoms with E-state index in [0.717, 1.165) is 27.7 Å². The van der Waals surface area contributed by atoms with Gasteiger partial charge in [0, 0.05) is 16.5 Å². The van der Waals surface area contributed by atoms with Crippen molar-refractivity contribution in [1.29, 1.82) is 5.26 Å². The lowest BCUT2D eigenvalue weighted by atomic mass is 9.87. The number of para-hydroxylation sites is 1. The van der Waals surface area contributed by atoms with Gasteiger partial charge in [0.15, 0.2) is 0 Å². The van der Waals surface area contributed by atoms with Crippen LogP contribution in [-0.2, 0) is 0 Å². The van der Waals surface area contributed by atoms with Crippen LogP contribution >= 0.6 is 0 Å². The zero-order chi connectivity index (χ0) is 37.6. The normalized spacial score (nSPS) is 11.8. The Hall–Kier alpha value is -7.73. The maximum Gasteiger partial charge on any atom is 0.0992 e. The second-order valence-corrected chi connectivity index (χ2v) is 15.2. The van der Waals surface area contributed by atoms with Gasteiger partial charge in [-0.15, -0.1) is 0 Å². The van der Waals surface area contributed by atoms with E-state index in [4.69, 9.17) is 0 Å². The average molecular weight is 721 g/mol. The molecule has 0 radical (unpaired) electrons. The monoisotopic (exact) mass is 720 g/mol. The summed E-state index contributed by atoms with van der Waals surface area (Å²) in [5.74, 6) is 0. The molecule has 2 heteroatoms. The first-order valence-electron chi connectivity index (χ1n) is 19.5. The fourth-order valence-electron chi connectivity index (χ4n) is 9.54. The highest BCUT2D eigenvalue weighted by Gasteiger charge is 2.18. The number of aromatic nitrogens is 1. The minimum absolute atomic E-state index is 0.655. The van der Waals surface area contributed by atoms with E-state index in [2.05, 4.69) is 187 Å². The Morgan fingerprint density at radius 2 is 0.842 bits per heavy atom. The Bertz CT molecular complexity index is 3570. The van der Waals surface area contributed by atoms with Crippen LogP contribution in [0.25, 0.3) is 115 Å². The summed E-state index contributed by atoms with van der Waals surface area (Å²) in [4.78, 5) is 0. The number of hydrogen-bond donors (Lipinski definition) is 0. The maximum absolute atomic E-state index is 9.77. The Morgan fingerprint density at radius 3 is 1.47 bits per heavy atom. The molecule has 57 heavy (non-hydrogen) atoms. The van der Waals surface area contributed by atoms with Crippen molar-refractivity contribution >= 4 is 75.7 Å². The predicted octanol–water partition coefficient (Wildman–Crippen LogP) is 14.9. The van der Waals surface area contributed by atoms with E-state index in [1.807, 2.05) is 18.2 Å². The molecule has 0 atom stereocenters. The van der Waals surface area contributed by atoms with Gasteiger partial charge < -0.3 is 4.57 Å². The van der Waals surface area contributed by atoms with Crippen molar-refractivity contribution in [2.24, 2.45) is 0 Å². The molecule has 0 unspecified atom stereocenters. The first-order valence-corrected chi connectivity index (χ1v) is 19.5. The highest BCUT2D eigenvalue weighted by atomic mass is 15.0. The Labute approximate surface area is 329 Å². The lowest BCUT2D eigenvalue weighted by Gasteiger charge is -2.17. The van der Waals surface area contributed by atoms with Crippen molar-refractivity contribution in [2.75, 3.05) is 0 Å². The number of nitrogens with zero attached hydrogens (tertiary/aromatic N) is 2. The zero-order valence-electron chi connectivity index (χ0n) is 30.9. The third kappa shape index (κ3) is 4.76. The van der Waals surface area contributed by atoms with E-state index in [-0.39, 0.29) is 0 Å². The van der Waals surface area contributed by atoms with Crippen molar-refractivity contribution in [3.8, 4) is 45.1 Å². The Morgan fingerprint density at radius 1 is 0.333 bits per heavy atom. The van der Waals surface area contributed by atoms with Gasteiger partial charge in [-0.2, -0.15) is 5.26 Å². The minimum Gasteiger partial charge on any atom is -0.309 e. The molecule has 0 N–H and O–H groups in total. The third-order valence-corrected chi connectivity index (χ3v) is 12.1. The standard InChI is InChI=1S/C55H32N2/c56-33-34-17-23-50-51-24-22-36(32-53(51)57(52(50)27-34)43-11-2-1-3-12-43)46-25-26-47(49-15-7-6-14-48(46)49)42-30-39-20-18-37-28-41(29-38-19-21-40(31-42)55(39)54(37)38)45-16-8-10-35-9-4-5-13-44(35)45/h1-32H. The van der Waals surface area contributed by atoms with Crippen LogP contribution in [0, 0.1) is 11.3 Å². The fraction of sp³-hybridized carbons (Fsp3) is 0. The zero-order valence-corrected chi connectivity index (χ0v) is 30.9. The molecule has 0 spiro atoms. The van der Waals surface area contributed by atoms with Crippen molar-refractivity contribution < 1.29 is 0 Å². The molecule has 0 aliphatic heterocycles. The first kappa shape index (κ1) is 31.6. The lowest BCUT2D eigenvalue weighted by Crippen LogP contribution is -1.94. The van der Waals surface area contributed by atoms with Crippen LogP contribution in [0.15, 0.2) is 194 Å². The van der Waals surface area contributed by atoms with Gasteiger partial charge in [0.1, 0.15) is 0 Å². The molecular formula is C55H32N2. The van der Waals surface area contributed by atoms with Gasteiger partial charge in [-0.1, -0.05) is 140 Å². The summed E-state index contributed by atoms with van der Waals surface area (Å²) in [6, 6.07) is 72.9. The number of benzene rings is 11. The fourth-order valence-corrected chi connectivity index (χ4v) is 9.54. The van der Waals surface area contributed by atoms with E-state index in [9.17, 15) is 5.26 Å². The summed E-state index contributed by atoms with van der Waals surface area (Å²) in [7, 11) is 0. The van der Waals surface area contributed by atoms with Crippen molar-refractivity contribution in [2.45, 2.75) is 0 Å². The van der Waals surface area contributed by atoms with Gasteiger partial charge in [-0.3, -0.25) is 0 Å². The Balaban J connectivity index is 1.01. The third-order valence-electron chi connectivity index (χ3n) is 12.1. The highest BCUT2D eigenvalue weighted by molar-refractivity contribution is 6.25. The smallest absolute Gasteiger partial charge is 0.0992 e. The molecule has 262 valence electrons. The molecular weight excluding hydrogens is 689 g/mol. The van der Waals surface area contributed by atoms with Gasteiger partial charge in [0.05, 0.1) is 22.7 Å². The minimum atomic E-state index is 0.655. The van der Waals surface area contributed by atoms with Gasteiger partial charge in [-0.05, 0) is 142 Å². The number of fused-ring (bicyclic) bond motifs is 5. The molecule has 0 aliphatic rings. The predicted molar refractivity (Wildman–Crippen MR) is 241 cm³/mol. The molecule has 12 rings (SSSR count). The van der Waals surface area contributed by atoms with E-state index in [0.29, 0.717) is 5.56 Å². The first-order chi connectivity index (χ1) is 28.2. The van der Waals surface area contributed by atoms with E-state index < -0.39 is 0 Å². The number of hydrogen-bond acceptors (Lipinski definition) is 1. The molecule has 0 amide bonds. The van der Waals surface area contributed by atoms with Crippen molar-refractivity contribution in [3.05, 3.63) is 200 Å². The molecule has 11 aromatic carbocycles. The Kier molecular flexibility index (Phi) is 6.73. The van der Waals surface area contributed by atoms with Crippen LogP contribution in [0.1, 0.15) is 5.56 Å².